The van der Waals surface area contributed by atoms with Crippen LogP contribution in [0, 0.1) is 5.82 Å². The molecule has 0 saturated heterocycles. The zero-order chi connectivity index (χ0) is 17.1. The summed E-state index contributed by atoms with van der Waals surface area (Å²) in [5.41, 5.74) is 1.18. The van der Waals surface area contributed by atoms with Crippen molar-refractivity contribution < 1.29 is 18.3 Å². The van der Waals surface area contributed by atoms with Crippen LogP contribution in [0.3, 0.4) is 0 Å². The largest absolute Gasteiger partial charge is 0.461 e. The summed E-state index contributed by atoms with van der Waals surface area (Å²) in [6, 6.07) is 11.2. The molecule has 24 heavy (non-hydrogen) atoms. The molecule has 0 bridgehead atoms. The van der Waals surface area contributed by atoms with E-state index in [0.29, 0.717) is 11.1 Å². The van der Waals surface area contributed by atoms with Gasteiger partial charge in [0.15, 0.2) is 5.58 Å². The lowest BCUT2D eigenvalue weighted by Crippen LogP contribution is -2.17. The number of aryl methyl sites for hydroxylation is 1. The molecule has 1 aromatic heterocycles. The number of hydrogen-bond donors (Lipinski definition) is 0. The van der Waals surface area contributed by atoms with Crippen LogP contribution in [0.2, 0.25) is 5.02 Å². The van der Waals surface area contributed by atoms with Crippen molar-refractivity contribution in [3.8, 4) is 0 Å². The average molecular weight is 350 g/mol. The van der Waals surface area contributed by atoms with Gasteiger partial charge in [-0.15, -0.1) is 0 Å². The fourth-order valence-electron chi connectivity index (χ4n) is 2.32. The number of esters is 1. The molecule has 0 spiro atoms. The van der Waals surface area contributed by atoms with Crippen molar-refractivity contribution in [1.82, 2.24) is 4.57 Å². The van der Waals surface area contributed by atoms with Gasteiger partial charge in [0, 0.05) is 12.1 Å². The number of hydrogen-bond acceptors (Lipinski definition) is 4. The van der Waals surface area contributed by atoms with E-state index in [1.54, 1.807) is 24.3 Å². The quantitative estimate of drug-likeness (QED) is 0.661. The van der Waals surface area contributed by atoms with Crippen molar-refractivity contribution in [3.63, 3.8) is 0 Å². The number of oxazole rings is 1. The predicted molar refractivity (Wildman–Crippen MR) is 86.3 cm³/mol. The zero-order valence-corrected chi connectivity index (χ0v) is 13.3. The van der Waals surface area contributed by atoms with E-state index in [4.69, 9.17) is 20.8 Å². The summed E-state index contributed by atoms with van der Waals surface area (Å²) in [6.45, 7) is -0.148. The van der Waals surface area contributed by atoms with Gasteiger partial charge >= 0.3 is 11.7 Å². The summed E-state index contributed by atoms with van der Waals surface area (Å²) in [4.78, 5) is 23.6. The third-order valence-electron chi connectivity index (χ3n) is 3.55. The van der Waals surface area contributed by atoms with E-state index >= 15 is 0 Å². The van der Waals surface area contributed by atoms with Crippen LogP contribution in [-0.2, 0) is 22.7 Å². The normalized spacial score (nSPS) is 10.9. The number of aromatic nitrogens is 1. The van der Waals surface area contributed by atoms with Gasteiger partial charge in [-0.3, -0.25) is 9.36 Å². The maximum atomic E-state index is 13.6. The summed E-state index contributed by atoms with van der Waals surface area (Å²) in [5.74, 6) is -1.64. The number of nitrogens with zero attached hydrogens (tertiary/aromatic N) is 1. The zero-order valence-electron chi connectivity index (χ0n) is 12.5. The highest BCUT2D eigenvalue weighted by molar-refractivity contribution is 6.31. The van der Waals surface area contributed by atoms with E-state index in [1.165, 1.54) is 22.8 Å². The number of carbonyl (C=O) groups is 1. The molecule has 1 heterocycles. The molecule has 0 saturated carbocycles. The van der Waals surface area contributed by atoms with Crippen LogP contribution in [0.4, 0.5) is 4.39 Å². The number of fused-ring (bicyclic) bond motifs is 1. The standard InChI is InChI=1S/C17H13ClFNO4/c18-12-4-3-5-13(19)11(12)10-23-16(21)8-9-20-14-6-1-2-7-15(14)24-17(20)22/h1-7H,8-10H2. The molecule has 0 atom stereocenters. The molecule has 0 aliphatic rings. The molecular weight excluding hydrogens is 337 g/mol. The van der Waals surface area contributed by atoms with Gasteiger partial charge in [-0.2, -0.15) is 0 Å². The molecule has 3 aromatic rings. The number of ether oxygens (including phenoxy) is 1. The highest BCUT2D eigenvalue weighted by atomic mass is 35.5. The maximum absolute atomic E-state index is 13.6. The molecule has 0 amide bonds. The molecule has 124 valence electrons. The minimum Gasteiger partial charge on any atom is -0.461 e. The van der Waals surface area contributed by atoms with Crippen LogP contribution in [0.15, 0.2) is 51.7 Å². The first-order valence-corrected chi connectivity index (χ1v) is 7.61. The van der Waals surface area contributed by atoms with Crippen LogP contribution in [0.25, 0.3) is 11.1 Å². The molecule has 7 heteroatoms. The number of rotatable bonds is 5. The van der Waals surface area contributed by atoms with Gasteiger partial charge in [0.2, 0.25) is 0 Å². The fourth-order valence-corrected chi connectivity index (χ4v) is 2.54. The first-order chi connectivity index (χ1) is 11.6. The summed E-state index contributed by atoms with van der Waals surface area (Å²) < 4.78 is 25.1. The van der Waals surface area contributed by atoms with Crippen LogP contribution in [0.1, 0.15) is 12.0 Å². The molecule has 0 unspecified atom stereocenters. The molecule has 0 N–H and O–H groups in total. The Morgan fingerprint density at radius 2 is 2.00 bits per heavy atom. The summed E-state index contributed by atoms with van der Waals surface area (Å²) in [7, 11) is 0. The van der Waals surface area contributed by atoms with E-state index in [1.807, 2.05) is 0 Å². The van der Waals surface area contributed by atoms with Gasteiger partial charge in [0.1, 0.15) is 12.4 Å². The van der Waals surface area contributed by atoms with Crippen molar-refractivity contribution in [2.24, 2.45) is 0 Å². The van der Waals surface area contributed by atoms with Crippen LogP contribution >= 0.6 is 11.6 Å². The van der Waals surface area contributed by atoms with E-state index in [0.717, 1.165) is 0 Å². The van der Waals surface area contributed by atoms with Crippen molar-refractivity contribution >= 4 is 28.7 Å². The van der Waals surface area contributed by atoms with E-state index < -0.39 is 17.5 Å². The summed E-state index contributed by atoms with van der Waals surface area (Å²) in [6.07, 6.45) is -0.0461. The monoisotopic (exact) mass is 349 g/mol. The van der Waals surface area contributed by atoms with Gasteiger partial charge < -0.3 is 9.15 Å². The first-order valence-electron chi connectivity index (χ1n) is 7.23. The number of benzene rings is 2. The van der Waals surface area contributed by atoms with Crippen LogP contribution in [0.5, 0.6) is 0 Å². The van der Waals surface area contributed by atoms with E-state index in [2.05, 4.69) is 0 Å². The van der Waals surface area contributed by atoms with Crippen LogP contribution < -0.4 is 5.76 Å². The van der Waals surface area contributed by atoms with Crippen molar-refractivity contribution in [3.05, 3.63) is 69.4 Å². The minimum absolute atomic E-state index is 0.0461. The second kappa shape index (κ2) is 6.88. The van der Waals surface area contributed by atoms with Crippen molar-refractivity contribution in [2.45, 2.75) is 19.6 Å². The second-order valence-corrected chi connectivity index (χ2v) is 5.51. The highest BCUT2D eigenvalue weighted by Gasteiger charge is 2.13. The van der Waals surface area contributed by atoms with Gasteiger partial charge in [-0.1, -0.05) is 29.8 Å². The molecular formula is C17H13ClFNO4. The second-order valence-electron chi connectivity index (χ2n) is 5.10. The Kier molecular flexibility index (Phi) is 4.66. The topological polar surface area (TPSA) is 61.4 Å². The molecule has 3 rings (SSSR count). The lowest BCUT2D eigenvalue weighted by molar-refractivity contribution is -0.145. The predicted octanol–water partition coefficient (Wildman–Crippen LogP) is 3.52. The Labute approximate surface area is 141 Å². The van der Waals surface area contributed by atoms with Crippen molar-refractivity contribution in [2.75, 3.05) is 0 Å². The Hall–Kier alpha value is -2.60. The third kappa shape index (κ3) is 3.33. The molecule has 0 fully saturated rings. The lowest BCUT2D eigenvalue weighted by atomic mass is 10.2. The van der Waals surface area contributed by atoms with Gasteiger partial charge in [-0.05, 0) is 24.3 Å². The average Bonchev–Trinajstić information content (AvgIpc) is 2.87. The molecule has 2 aromatic carbocycles. The van der Waals surface area contributed by atoms with Gasteiger partial charge in [-0.25, -0.2) is 9.18 Å². The van der Waals surface area contributed by atoms with E-state index in [9.17, 15) is 14.0 Å². The number of halogens is 2. The fraction of sp³-hybridized carbons (Fsp3) is 0.176. The number of para-hydroxylation sites is 2. The Morgan fingerprint density at radius 1 is 1.21 bits per heavy atom. The molecule has 5 nitrogen and oxygen atoms in total. The summed E-state index contributed by atoms with van der Waals surface area (Å²) >= 11 is 5.87. The molecule has 0 aliphatic carbocycles. The van der Waals surface area contributed by atoms with E-state index in [-0.39, 0.29) is 30.2 Å². The summed E-state index contributed by atoms with van der Waals surface area (Å²) in [5, 5.41) is 0.194. The highest BCUT2D eigenvalue weighted by Crippen LogP contribution is 2.20. The first kappa shape index (κ1) is 16.3. The Morgan fingerprint density at radius 3 is 2.79 bits per heavy atom. The minimum atomic E-state index is -0.563. The maximum Gasteiger partial charge on any atom is 0.419 e. The Balaban J connectivity index is 1.63. The Bertz CT molecular complexity index is 927. The number of carbonyl (C=O) groups excluding carboxylic acids is 1. The van der Waals surface area contributed by atoms with Gasteiger partial charge in [0.25, 0.3) is 0 Å². The molecule has 0 radical (unpaired) electrons. The van der Waals surface area contributed by atoms with Gasteiger partial charge in [0.05, 0.1) is 17.0 Å². The smallest absolute Gasteiger partial charge is 0.419 e. The SMILES string of the molecule is O=C(CCn1c(=O)oc2ccccc21)OCc1c(F)cccc1Cl. The lowest BCUT2D eigenvalue weighted by Gasteiger charge is -2.08. The van der Waals surface area contributed by atoms with Crippen molar-refractivity contribution in [1.29, 1.82) is 0 Å². The van der Waals surface area contributed by atoms with Crippen LogP contribution in [-0.4, -0.2) is 10.5 Å². The third-order valence-corrected chi connectivity index (χ3v) is 3.91. The molecule has 0 aliphatic heterocycles.